The number of aromatic nitrogens is 1. The first-order valence-corrected chi connectivity index (χ1v) is 11.9. The molecule has 174 valence electrons. The van der Waals surface area contributed by atoms with Gasteiger partial charge in [0.2, 0.25) is 10.0 Å². The monoisotopic (exact) mass is 486 g/mol. The van der Waals surface area contributed by atoms with Crippen LogP contribution in [-0.2, 0) is 29.1 Å². The third-order valence-electron chi connectivity index (χ3n) is 4.31. The molecule has 0 spiro atoms. The van der Waals surface area contributed by atoms with Crippen LogP contribution in [0.1, 0.15) is 18.9 Å². The molecule has 1 fully saturated rings. The minimum Gasteiger partial charge on any atom is -0.389 e. The Hall–Kier alpha value is -2.45. The molecule has 10 nitrogen and oxygen atoms in total. The van der Waals surface area contributed by atoms with Crippen LogP contribution in [0.5, 0.6) is 0 Å². The highest BCUT2D eigenvalue weighted by atomic mass is 32.2. The molecule has 32 heavy (non-hydrogen) atoms. The summed E-state index contributed by atoms with van der Waals surface area (Å²) in [5.41, 5.74) is 0.194. The highest BCUT2D eigenvalue weighted by Crippen LogP contribution is 2.18. The Labute approximate surface area is 188 Å². The predicted octanol–water partition coefficient (Wildman–Crippen LogP) is 1.74. The van der Waals surface area contributed by atoms with Crippen molar-refractivity contribution in [3.8, 4) is 0 Å². The van der Waals surface area contributed by atoms with Gasteiger partial charge in [0, 0.05) is 25.1 Å². The van der Waals surface area contributed by atoms with E-state index in [0.717, 1.165) is 6.20 Å². The van der Waals surface area contributed by atoms with Gasteiger partial charge in [-0.2, -0.15) is 4.39 Å². The Morgan fingerprint density at radius 1 is 1.41 bits per heavy atom. The molecular weight excluding hydrogens is 463 g/mol. The van der Waals surface area contributed by atoms with E-state index >= 15 is 0 Å². The number of amides is 1. The van der Waals surface area contributed by atoms with Crippen LogP contribution < -0.4 is 10.0 Å². The number of nitrogens with zero attached hydrogens (tertiary/aromatic N) is 2. The van der Waals surface area contributed by atoms with E-state index in [1.165, 1.54) is 31.4 Å². The zero-order valence-electron chi connectivity index (χ0n) is 17.4. The van der Waals surface area contributed by atoms with Gasteiger partial charge in [0.25, 0.3) is 5.91 Å². The van der Waals surface area contributed by atoms with Gasteiger partial charge in [-0.15, -0.1) is 0 Å². The maximum atomic E-state index is 13.2. The number of oxime groups is 1. The fraction of sp³-hybridized carbons (Fsp3) is 0.421. The van der Waals surface area contributed by atoms with Gasteiger partial charge >= 0.3 is 0 Å². The van der Waals surface area contributed by atoms with Gasteiger partial charge in [0.1, 0.15) is 0 Å². The van der Waals surface area contributed by atoms with Crippen molar-refractivity contribution in [3.05, 3.63) is 41.2 Å². The summed E-state index contributed by atoms with van der Waals surface area (Å²) in [4.78, 5) is 22.0. The number of carbonyl (C=O) groups is 1. The molecule has 1 amide bonds. The minimum atomic E-state index is -3.78. The van der Waals surface area contributed by atoms with E-state index in [0.29, 0.717) is 36.5 Å². The third-order valence-corrected chi connectivity index (χ3v) is 6.61. The summed E-state index contributed by atoms with van der Waals surface area (Å²) in [5.74, 6) is -0.680. The van der Waals surface area contributed by atoms with E-state index in [1.54, 1.807) is 6.92 Å². The van der Waals surface area contributed by atoms with Crippen molar-refractivity contribution in [1.82, 2.24) is 9.71 Å². The largest absolute Gasteiger partial charge is 0.389 e. The normalized spacial score (nSPS) is 17.8. The van der Waals surface area contributed by atoms with Gasteiger partial charge in [0.05, 0.1) is 30.9 Å². The van der Waals surface area contributed by atoms with Gasteiger partial charge in [-0.25, -0.2) is 18.1 Å². The van der Waals surface area contributed by atoms with Gasteiger partial charge in [-0.1, -0.05) is 28.6 Å². The Kier molecular flexibility index (Phi) is 8.26. The first-order chi connectivity index (χ1) is 15.3. The number of sulfonamides is 1. The zero-order valence-corrected chi connectivity index (χ0v) is 19.0. The number of thiazole rings is 1. The van der Waals surface area contributed by atoms with Gasteiger partial charge in [0.15, 0.2) is 22.1 Å². The predicted molar refractivity (Wildman–Crippen MR) is 116 cm³/mol. The van der Waals surface area contributed by atoms with Crippen molar-refractivity contribution < 1.29 is 31.9 Å². The molecule has 1 aromatic carbocycles. The van der Waals surface area contributed by atoms with Crippen LogP contribution in [0.15, 0.2) is 40.5 Å². The summed E-state index contributed by atoms with van der Waals surface area (Å²) >= 11 is 0.664. The lowest BCUT2D eigenvalue weighted by molar-refractivity contribution is -0.110. The van der Waals surface area contributed by atoms with Crippen LogP contribution in [0.25, 0.3) is 0 Å². The van der Waals surface area contributed by atoms with Crippen LogP contribution in [0.3, 0.4) is 0 Å². The quantitative estimate of drug-likeness (QED) is 0.387. The number of methoxy groups -OCH3 is 1. The number of hydrogen-bond acceptors (Lipinski definition) is 9. The molecule has 0 saturated carbocycles. The molecule has 1 aromatic heterocycles. The summed E-state index contributed by atoms with van der Waals surface area (Å²) in [6.45, 7) is 2.77. The Bertz CT molecular complexity index is 1050. The Morgan fingerprint density at radius 3 is 2.75 bits per heavy atom. The minimum absolute atomic E-state index is 0.0102. The van der Waals surface area contributed by atoms with Crippen molar-refractivity contribution in [2.45, 2.75) is 30.4 Å². The maximum absolute atomic E-state index is 13.2. The molecule has 1 aliphatic heterocycles. The SMILES string of the molecule is COC[C@H](C)NS(=O)(=O)c1ccc(/C(=N\O[C@@H]2CCOC2)C(=O)Nc2ncc(F)s2)cc1. The molecule has 2 aromatic rings. The molecule has 1 aliphatic rings. The molecule has 0 unspecified atom stereocenters. The molecule has 13 heteroatoms. The molecule has 2 heterocycles. The van der Waals surface area contributed by atoms with Crippen LogP contribution in [0, 0.1) is 5.13 Å². The van der Waals surface area contributed by atoms with Crippen LogP contribution in [-0.4, -0.2) is 64.1 Å². The molecule has 0 aliphatic carbocycles. The lowest BCUT2D eigenvalue weighted by atomic mass is 10.1. The number of hydrogen-bond donors (Lipinski definition) is 2. The van der Waals surface area contributed by atoms with Crippen molar-refractivity contribution in [1.29, 1.82) is 0 Å². The van der Waals surface area contributed by atoms with Crippen molar-refractivity contribution in [2.24, 2.45) is 5.16 Å². The second-order valence-electron chi connectivity index (χ2n) is 6.96. The fourth-order valence-electron chi connectivity index (χ4n) is 2.83. The number of benzene rings is 1. The van der Waals surface area contributed by atoms with E-state index < -0.39 is 27.1 Å². The van der Waals surface area contributed by atoms with E-state index in [2.05, 4.69) is 20.2 Å². The standard InChI is InChI=1S/C19H23FN4O6S2/c1-12(10-28-2)24-32(26,27)15-5-3-13(4-6-15)17(23-30-14-7-8-29-11-14)18(25)22-19-21-9-16(20)31-19/h3-6,9,12,14,24H,7-8,10-11H2,1-2H3,(H,21,22,25)/b23-17+/t12-,14+/m0/s1. The first-order valence-electron chi connectivity index (χ1n) is 9.64. The Balaban J connectivity index is 1.81. The van der Waals surface area contributed by atoms with Crippen LogP contribution in [0.4, 0.5) is 9.52 Å². The number of rotatable bonds is 10. The molecular formula is C19H23FN4O6S2. The summed E-state index contributed by atoms with van der Waals surface area (Å²) in [7, 11) is -2.31. The number of halogens is 1. The number of nitrogens with one attached hydrogen (secondary N) is 2. The topological polar surface area (TPSA) is 128 Å². The summed E-state index contributed by atoms with van der Waals surface area (Å²) in [6.07, 6.45) is 1.31. The summed E-state index contributed by atoms with van der Waals surface area (Å²) < 4.78 is 50.9. The molecule has 3 rings (SSSR count). The third kappa shape index (κ3) is 6.53. The van der Waals surface area contributed by atoms with Crippen LogP contribution >= 0.6 is 11.3 Å². The van der Waals surface area contributed by atoms with E-state index in [9.17, 15) is 17.6 Å². The maximum Gasteiger partial charge on any atom is 0.280 e. The molecule has 0 radical (unpaired) electrons. The zero-order chi connectivity index (χ0) is 23.1. The highest BCUT2D eigenvalue weighted by molar-refractivity contribution is 7.89. The molecule has 2 atom stereocenters. The second-order valence-corrected chi connectivity index (χ2v) is 9.65. The summed E-state index contributed by atoms with van der Waals surface area (Å²) in [5, 5.41) is 5.94. The number of carbonyl (C=O) groups excluding carboxylic acids is 1. The molecule has 2 N–H and O–H groups in total. The van der Waals surface area contributed by atoms with E-state index in [-0.39, 0.29) is 28.4 Å². The van der Waals surface area contributed by atoms with Gasteiger partial charge in [-0.05, 0) is 19.1 Å². The molecule has 0 bridgehead atoms. The first kappa shape index (κ1) is 24.2. The van der Waals surface area contributed by atoms with Crippen molar-refractivity contribution in [3.63, 3.8) is 0 Å². The molecule has 1 saturated heterocycles. The van der Waals surface area contributed by atoms with Crippen LogP contribution in [0.2, 0.25) is 0 Å². The van der Waals surface area contributed by atoms with Gasteiger partial charge < -0.3 is 14.3 Å². The van der Waals surface area contributed by atoms with Crippen molar-refractivity contribution >= 4 is 38.1 Å². The fourth-order valence-corrected chi connectivity index (χ4v) is 4.59. The second kappa shape index (κ2) is 10.9. The lowest BCUT2D eigenvalue weighted by Crippen LogP contribution is -2.35. The lowest BCUT2D eigenvalue weighted by Gasteiger charge is -2.14. The number of ether oxygens (including phenoxy) is 2. The Morgan fingerprint density at radius 2 is 2.16 bits per heavy atom. The van der Waals surface area contributed by atoms with E-state index in [4.69, 9.17) is 14.3 Å². The van der Waals surface area contributed by atoms with E-state index in [1.807, 2.05) is 0 Å². The smallest absolute Gasteiger partial charge is 0.280 e. The highest BCUT2D eigenvalue weighted by Gasteiger charge is 2.22. The summed E-state index contributed by atoms with van der Waals surface area (Å²) in [6, 6.07) is 5.15. The number of anilines is 1. The average Bonchev–Trinajstić information content (AvgIpc) is 3.40. The van der Waals surface area contributed by atoms with Crippen molar-refractivity contribution in [2.75, 3.05) is 32.2 Å². The van der Waals surface area contributed by atoms with Gasteiger partial charge in [-0.3, -0.25) is 10.1 Å². The average molecular weight is 487 g/mol.